The van der Waals surface area contributed by atoms with Crippen molar-refractivity contribution in [1.29, 1.82) is 0 Å². The number of hydrogen-bond acceptors (Lipinski definition) is 3. The zero-order chi connectivity index (χ0) is 11.5. The molecule has 0 bridgehead atoms. The molecule has 0 aliphatic rings. The van der Waals surface area contributed by atoms with Crippen LogP contribution in [0.5, 0.6) is 0 Å². The zero-order valence-corrected chi connectivity index (χ0v) is 10.6. The van der Waals surface area contributed by atoms with Gasteiger partial charge in [-0.25, -0.2) is 5.43 Å². The maximum atomic E-state index is 5.96. The van der Waals surface area contributed by atoms with E-state index in [4.69, 9.17) is 29.0 Å². The molecule has 1 aromatic carbocycles. The van der Waals surface area contributed by atoms with Crippen LogP contribution < -0.4 is 11.3 Å². The first kappa shape index (κ1) is 11.9. The highest BCUT2D eigenvalue weighted by atomic mass is 35.5. The van der Waals surface area contributed by atoms with Gasteiger partial charge in [-0.05, 0) is 46.2 Å². The molecular formula is C11H10Cl2N2S. The number of halogens is 2. The summed E-state index contributed by atoms with van der Waals surface area (Å²) >= 11 is 13.5. The van der Waals surface area contributed by atoms with Crippen molar-refractivity contribution in [2.75, 3.05) is 0 Å². The van der Waals surface area contributed by atoms with Gasteiger partial charge in [0.2, 0.25) is 0 Å². The van der Waals surface area contributed by atoms with E-state index >= 15 is 0 Å². The SMILES string of the molecule is NNC(c1ccsc1)c1cc(Cl)cc(Cl)c1. The Morgan fingerprint density at radius 2 is 1.81 bits per heavy atom. The molecule has 0 aliphatic carbocycles. The Morgan fingerprint density at radius 1 is 1.12 bits per heavy atom. The van der Waals surface area contributed by atoms with E-state index in [2.05, 4.69) is 5.43 Å². The van der Waals surface area contributed by atoms with E-state index in [1.807, 2.05) is 29.0 Å². The molecule has 1 heterocycles. The van der Waals surface area contributed by atoms with Gasteiger partial charge in [0.25, 0.3) is 0 Å². The van der Waals surface area contributed by atoms with Crippen molar-refractivity contribution in [2.24, 2.45) is 5.84 Å². The van der Waals surface area contributed by atoms with Gasteiger partial charge in [-0.2, -0.15) is 11.3 Å². The molecule has 16 heavy (non-hydrogen) atoms. The summed E-state index contributed by atoms with van der Waals surface area (Å²) in [6.07, 6.45) is 0. The molecule has 0 fully saturated rings. The number of hydrazine groups is 1. The van der Waals surface area contributed by atoms with E-state index < -0.39 is 0 Å². The molecule has 3 N–H and O–H groups in total. The predicted molar refractivity (Wildman–Crippen MR) is 69.9 cm³/mol. The van der Waals surface area contributed by atoms with E-state index in [1.54, 1.807) is 17.4 Å². The fourth-order valence-electron chi connectivity index (χ4n) is 1.57. The molecule has 0 radical (unpaired) electrons. The van der Waals surface area contributed by atoms with Crippen molar-refractivity contribution in [3.8, 4) is 0 Å². The third kappa shape index (κ3) is 2.56. The minimum atomic E-state index is -0.0811. The van der Waals surface area contributed by atoms with Crippen LogP contribution in [0.1, 0.15) is 17.2 Å². The highest BCUT2D eigenvalue weighted by Crippen LogP contribution is 2.28. The highest BCUT2D eigenvalue weighted by Gasteiger charge is 2.13. The second-order valence-electron chi connectivity index (χ2n) is 3.36. The summed E-state index contributed by atoms with van der Waals surface area (Å²) in [7, 11) is 0. The summed E-state index contributed by atoms with van der Waals surface area (Å²) in [6, 6.07) is 7.35. The number of benzene rings is 1. The molecule has 2 rings (SSSR count). The van der Waals surface area contributed by atoms with Crippen LogP contribution in [-0.2, 0) is 0 Å². The Bertz CT molecular complexity index is 451. The van der Waals surface area contributed by atoms with Gasteiger partial charge in [-0.15, -0.1) is 0 Å². The first-order chi connectivity index (χ1) is 7.70. The Balaban J connectivity index is 2.41. The maximum absolute atomic E-state index is 5.96. The lowest BCUT2D eigenvalue weighted by Gasteiger charge is -2.15. The molecule has 0 aliphatic heterocycles. The normalized spacial score (nSPS) is 12.7. The Kier molecular flexibility index (Phi) is 3.84. The van der Waals surface area contributed by atoms with Gasteiger partial charge >= 0.3 is 0 Å². The standard InChI is InChI=1S/C11H10Cl2N2S/c12-9-3-8(4-10(13)5-9)11(15-14)7-1-2-16-6-7/h1-6,11,15H,14H2. The molecule has 1 unspecified atom stereocenters. The maximum Gasteiger partial charge on any atom is 0.0719 e. The molecule has 1 aromatic heterocycles. The van der Waals surface area contributed by atoms with Crippen LogP contribution in [0.3, 0.4) is 0 Å². The number of nitrogens with two attached hydrogens (primary N) is 1. The molecular weight excluding hydrogens is 263 g/mol. The van der Waals surface area contributed by atoms with E-state index in [0.29, 0.717) is 10.0 Å². The van der Waals surface area contributed by atoms with Gasteiger partial charge in [0.05, 0.1) is 6.04 Å². The monoisotopic (exact) mass is 272 g/mol. The molecule has 2 aromatic rings. The van der Waals surface area contributed by atoms with Crippen LogP contribution >= 0.6 is 34.5 Å². The lowest BCUT2D eigenvalue weighted by molar-refractivity contribution is 0.639. The number of nitrogens with one attached hydrogen (secondary N) is 1. The van der Waals surface area contributed by atoms with Gasteiger partial charge in [0, 0.05) is 10.0 Å². The fourth-order valence-corrected chi connectivity index (χ4v) is 2.79. The van der Waals surface area contributed by atoms with Gasteiger partial charge in [-0.3, -0.25) is 5.84 Å². The minimum absolute atomic E-state index is 0.0811. The Morgan fingerprint density at radius 3 is 2.31 bits per heavy atom. The zero-order valence-electron chi connectivity index (χ0n) is 8.28. The molecule has 84 valence electrons. The van der Waals surface area contributed by atoms with Crippen molar-refractivity contribution in [2.45, 2.75) is 6.04 Å². The van der Waals surface area contributed by atoms with Crippen LogP contribution in [0.15, 0.2) is 35.0 Å². The average molecular weight is 273 g/mol. The highest BCUT2D eigenvalue weighted by molar-refractivity contribution is 7.08. The summed E-state index contributed by atoms with van der Waals surface area (Å²) < 4.78 is 0. The second-order valence-corrected chi connectivity index (χ2v) is 5.01. The fraction of sp³-hybridized carbons (Fsp3) is 0.0909. The molecule has 5 heteroatoms. The summed E-state index contributed by atoms with van der Waals surface area (Å²) in [6.45, 7) is 0. The smallest absolute Gasteiger partial charge is 0.0719 e. The molecule has 2 nitrogen and oxygen atoms in total. The first-order valence-electron chi connectivity index (χ1n) is 4.65. The predicted octanol–water partition coefficient (Wildman–Crippen LogP) is 3.61. The second kappa shape index (κ2) is 5.17. The van der Waals surface area contributed by atoms with Crippen LogP contribution in [-0.4, -0.2) is 0 Å². The summed E-state index contributed by atoms with van der Waals surface area (Å²) in [5, 5.41) is 5.27. The summed E-state index contributed by atoms with van der Waals surface area (Å²) in [5.41, 5.74) is 4.82. The van der Waals surface area contributed by atoms with Crippen molar-refractivity contribution >= 4 is 34.5 Å². The van der Waals surface area contributed by atoms with Crippen molar-refractivity contribution in [3.63, 3.8) is 0 Å². The van der Waals surface area contributed by atoms with Crippen LogP contribution in [0, 0.1) is 0 Å². The Labute approximate surface area is 108 Å². The van der Waals surface area contributed by atoms with Crippen LogP contribution in [0.4, 0.5) is 0 Å². The third-order valence-corrected chi connectivity index (χ3v) is 3.40. The number of thiophene rings is 1. The summed E-state index contributed by atoms with van der Waals surface area (Å²) in [4.78, 5) is 0. The van der Waals surface area contributed by atoms with Gasteiger partial charge in [-0.1, -0.05) is 23.2 Å². The lowest BCUT2D eigenvalue weighted by Crippen LogP contribution is -2.28. The topological polar surface area (TPSA) is 38.0 Å². The molecule has 0 amide bonds. The summed E-state index contributed by atoms with van der Waals surface area (Å²) in [5.74, 6) is 5.56. The number of rotatable bonds is 3. The van der Waals surface area contributed by atoms with E-state index in [0.717, 1.165) is 11.1 Å². The van der Waals surface area contributed by atoms with E-state index in [9.17, 15) is 0 Å². The van der Waals surface area contributed by atoms with Crippen LogP contribution in [0.25, 0.3) is 0 Å². The van der Waals surface area contributed by atoms with Crippen LogP contribution in [0.2, 0.25) is 10.0 Å². The van der Waals surface area contributed by atoms with E-state index in [1.165, 1.54) is 0 Å². The molecule has 0 saturated carbocycles. The number of hydrogen-bond donors (Lipinski definition) is 2. The van der Waals surface area contributed by atoms with Crippen molar-refractivity contribution in [1.82, 2.24) is 5.43 Å². The molecule has 0 spiro atoms. The first-order valence-corrected chi connectivity index (χ1v) is 6.35. The quantitative estimate of drug-likeness (QED) is 0.662. The molecule has 0 saturated heterocycles. The largest absolute Gasteiger partial charge is 0.271 e. The van der Waals surface area contributed by atoms with E-state index in [-0.39, 0.29) is 6.04 Å². The third-order valence-electron chi connectivity index (χ3n) is 2.26. The average Bonchev–Trinajstić information content (AvgIpc) is 2.70. The lowest BCUT2D eigenvalue weighted by atomic mass is 10.0. The van der Waals surface area contributed by atoms with Gasteiger partial charge in [0.1, 0.15) is 0 Å². The van der Waals surface area contributed by atoms with Gasteiger partial charge in [0.15, 0.2) is 0 Å². The van der Waals surface area contributed by atoms with Gasteiger partial charge < -0.3 is 0 Å². The van der Waals surface area contributed by atoms with Crippen molar-refractivity contribution in [3.05, 3.63) is 56.2 Å². The van der Waals surface area contributed by atoms with Crippen molar-refractivity contribution < 1.29 is 0 Å². The molecule has 1 atom stereocenters. The minimum Gasteiger partial charge on any atom is -0.271 e. The Hall–Kier alpha value is -0.580.